The Labute approximate surface area is 234 Å². The Morgan fingerprint density at radius 1 is 0.821 bits per heavy atom. The first-order chi connectivity index (χ1) is 18.5. The molecular weight excluding hydrogens is 506 g/mol. The second-order valence-electron chi connectivity index (χ2n) is 11.3. The van der Waals surface area contributed by atoms with Crippen LogP contribution in [0, 0.1) is 5.92 Å². The summed E-state index contributed by atoms with van der Waals surface area (Å²) in [5.74, 6) is -0.234. The topological polar surface area (TPSA) is 92.2 Å². The Kier molecular flexibility index (Phi) is 8.60. The molecule has 7 heteroatoms. The minimum absolute atomic E-state index is 0.0695. The molecule has 1 atom stereocenters. The lowest BCUT2D eigenvalue weighted by atomic mass is 9.95. The highest BCUT2D eigenvalue weighted by Gasteiger charge is 2.24. The number of hydrogen-bond acceptors (Lipinski definition) is 5. The summed E-state index contributed by atoms with van der Waals surface area (Å²) in [6.45, 7) is 10.7. The van der Waals surface area contributed by atoms with Gasteiger partial charge >= 0.3 is 5.97 Å². The van der Waals surface area contributed by atoms with Crippen LogP contribution in [0.2, 0.25) is 0 Å². The first-order valence-corrected chi connectivity index (χ1v) is 14.0. The van der Waals surface area contributed by atoms with Crippen LogP contribution in [0.1, 0.15) is 60.3 Å². The number of aliphatic carboxylic acids is 1. The van der Waals surface area contributed by atoms with E-state index < -0.39 is 12.0 Å². The van der Waals surface area contributed by atoms with E-state index in [1.165, 1.54) is 16.9 Å². The van der Waals surface area contributed by atoms with E-state index in [9.17, 15) is 14.7 Å². The monoisotopic (exact) mass is 541 g/mol. The molecule has 1 amide bonds. The fourth-order valence-corrected chi connectivity index (χ4v) is 5.22. The molecule has 4 rings (SSSR count). The van der Waals surface area contributed by atoms with E-state index in [1.54, 1.807) is 6.07 Å². The van der Waals surface area contributed by atoms with Crippen molar-refractivity contribution >= 4 is 23.2 Å². The largest absolute Gasteiger partial charge is 0.480 e. The first kappa shape index (κ1) is 28.2. The average molecular weight is 542 g/mol. The molecule has 0 aliphatic heterocycles. The summed E-state index contributed by atoms with van der Waals surface area (Å²) in [4.78, 5) is 35.3. The number of thiophene rings is 1. The molecule has 0 saturated carbocycles. The van der Waals surface area contributed by atoms with Crippen LogP contribution in [0.15, 0.2) is 73.1 Å². The van der Waals surface area contributed by atoms with Gasteiger partial charge in [-0.1, -0.05) is 83.1 Å². The second-order valence-corrected chi connectivity index (χ2v) is 12.4. The molecule has 39 heavy (non-hydrogen) atoms. The van der Waals surface area contributed by atoms with Gasteiger partial charge in [-0.2, -0.15) is 0 Å². The molecule has 0 unspecified atom stereocenters. The summed E-state index contributed by atoms with van der Waals surface area (Å²) in [5, 5.41) is 12.4. The fourth-order valence-electron chi connectivity index (χ4n) is 4.25. The number of carboxylic acids is 1. The quantitative estimate of drug-likeness (QED) is 0.243. The predicted octanol–water partition coefficient (Wildman–Crippen LogP) is 6.79. The number of nitrogens with zero attached hydrogens (tertiary/aromatic N) is 2. The molecule has 0 aliphatic rings. The van der Waals surface area contributed by atoms with E-state index in [1.807, 2.05) is 42.7 Å². The van der Waals surface area contributed by atoms with Gasteiger partial charge in [0.2, 0.25) is 0 Å². The Morgan fingerprint density at radius 3 is 1.90 bits per heavy atom. The molecule has 2 N–H and O–H groups in total. The maximum atomic E-state index is 12.7. The Hall–Kier alpha value is -3.84. The number of hydrogen-bond donors (Lipinski definition) is 2. The Morgan fingerprint density at radius 2 is 1.38 bits per heavy atom. The minimum atomic E-state index is -1.07. The molecule has 0 radical (unpaired) electrons. The molecule has 2 aromatic heterocycles. The summed E-state index contributed by atoms with van der Waals surface area (Å²) < 4.78 is 0. The van der Waals surface area contributed by atoms with Crippen LogP contribution < -0.4 is 5.32 Å². The highest BCUT2D eigenvalue weighted by Crippen LogP contribution is 2.29. The van der Waals surface area contributed by atoms with E-state index in [0.29, 0.717) is 16.6 Å². The number of benzene rings is 2. The van der Waals surface area contributed by atoms with Crippen LogP contribution in [0.25, 0.3) is 22.5 Å². The van der Waals surface area contributed by atoms with Gasteiger partial charge in [-0.05, 0) is 46.6 Å². The van der Waals surface area contributed by atoms with Crippen molar-refractivity contribution < 1.29 is 14.7 Å². The number of amides is 1. The van der Waals surface area contributed by atoms with Gasteiger partial charge < -0.3 is 10.4 Å². The highest BCUT2D eigenvalue weighted by molar-refractivity contribution is 7.14. The zero-order chi connectivity index (χ0) is 28.2. The molecule has 6 nitrogen and oxygen atoms in total. The number of carbonyl (C=O) groups is 2. The Balaban J connectivity index is 1.40. The summed E-state index contributed by atoms with van der Waals surface area (Å²) in [5.41, 5.74) is 4.90. The van der Waals surface area contributed by atoms with Gasteiger partial charge in [0, 0.05) is 34.8 Å². The molecule has 202 valence electrons. The first-order valence-electron chi connectivity index (χ1n) is 13.1. The van der Waals surface area contributed by atoms with E-state index >= 15 is 0 Å². The number of carboxylic acid groups (broad SMARTS) is 1. The van der Waals surface area contributed by atoms with Crippen molar-refractivity contribution in [3.8, 4) is 22.5 Å². The molecule has 0 saturated heterocycles. The normalized spacial score (nSPS) is 12.4. The molecule has 0 fully saturated rings. The van der Waals surface area contributed by atoms with E-state index in [0.717, 1.165) is 33.6 Å². The van der Waals surface area contributed by atoms with Gasteiger partial charge in [-0.3, -0.25) is 4.79 Å². The number of carbonyl (C=O) groups excluding carboxylic acids is 1. The summed E-state index contributed by atoms with van der Waals surface area (Å²) in [7, 11) is 0. The van der Waals surface area contributed by atoms with Gasteiger partial charge in [-0.25, -0.2) is 14.8 Å². The maximum Gasteiger partial charge on any atom is 0.326 e. The Bertz CT molecular complexity index is 1420. The van der Waals surface area contributed by atoms with Crippen LogP contribution in [-0.2, 0) is 23.1 Å². The smallest absolute Gasteiger partial charge is 0.326 e. The van der Waals surface area contributed by atoms with Crippen molar-refractivity contribution in [3.05, 3.63) is 93.9 Å². The van der Waals surface area contributed by atoms with Crippen molar-refractivity contribution in [1.82, 2.24) is 15.3 Å². The summed E-state index contributed by atoms with van der Waals surface area (Å²) in [6.07, 6.45) is 4.86. The van der Waals surface area contributed by atoms with Gasteiger partial charge in [0.1, 0.15) is 6.04 Å². The van der Waals surface area contributed by atoms with E-state index in [4.69, 9.17) is 0 Å². The third-order valence-electron chi connectivity index (χ3n) is 6.41. The van der Waals surface area contributed by atoms with Gasteiger partial charge in [-0.15, -0.1) is 11.3 Å². The predicted molar refractivity (Wildman–Crippen MR) is 157 cm³/mol. The lowest BCUT2D eigenvalue weighted by Crippen LogP contribution is -2.42. The molecule has 0 bridgehead atoms. The standard InChI is InChI=1S/C32H35N3O3S/c1-20(2)16-21-6-10-23(11-7-21)25-18-33-29(34-19-25)24-12-8-22(9-13-24)17-26(31(37)38)35-30(36)27-14-15-28(39-27)32(3,4)5/h6-15,18-20,26H,16-17H2,1-5H3,(H,35,36)(H,37,38)/t26-/m0/s1. The lowest BCUT2D eigenvalue weighted by Gasteiger charge is -2.16. The van der Waals surface area contributed by atoms with Gasteiger partial charge in [0.25, 0.3) is 5.91 Å². The highest BCUT2D eigenvalue weighted by atomic mass is 32.1. The maximum absolute atomic E-state index is 12.7. The van der Waals surface area contributed by atoms with Crippen molar-refractivity contribution in [2.75, 3.05) is 0 Å². The van der Waals surface area contributed by atoms with Gasteiger partial charge in [0.05, 0.1) is 4.88 Å². The van der Waals surface area contributed by atoms with Gasteiger partial charge in [0.15, 0.2) is 5.82 Å². The molecular formula is C32H35N3O3S. The van der Waals surface area contributed by atoms with Crippen LogP contribution >= 0.6 is 11.3 Å². The third-order valence-corrected chi connectivity index (χ3v) is 7.92. The van der Waals surface area contributed by atoms with E-state index in [-0.39, 0.29) is 17.7 Å². The molecule has 4 aromatic rings. The van der Waals surface area contributed by atoms with Crippen molar-refractivity contribution in [3.63, 3.8) is 0 Å². The van der Waals surface area contributed by atoms with Crippen molar-refractivity contribution in [1.29, 1.82) is 0 Å². The SMILES string of the molecule is CC(C)Cc1ccc(-c2cnc(-c3ccc(C[C@H](NC(=O)c4ccc(C(C)(C)C)s4)C(=O)O)cc3)nc2)cc1. The number of nitrogens with one attached hydrogen (secondary N) is 1. The van der Waals surface area contributed by atoms with Crippen LogP contribution in [-0.4, -0.2) is 33.0 Å². The zero-order valence-electron chi connectivity index (χ0n) is 23.1. The van der Waals surface area contributed by atoms with Crippen LogP contribution in [0.4, 0.5) is 0 Å². The second kappa shape index (κ2) is 11.9. The average Bonchev–Trinajstić information content (AvgIpc) is 3.40. The van der Waals surface area contributed by atoms with Crippen molar-refractivity contribution in [2.45, 2.75) is 58.9 Å². The zero-order valence-corrected chi connectivity index (χ0v) is 23.9. The minimum Gasteiger partial charge on any atom is -0.480 e. The van der Waals surface area contributed by atoms with E-state index in [2.05, 4.69) is 74.2 Å². The van der Waals surface area contributed by atoms with Crippen LogP contribution in [0.5, 0.6) is 0 Å². The third kappa shape index (κ3) is 7.39. The van der Waals surface area contributed by atoms with Crippen LogP contribution in [0.3, 0.4) is 0 Å². The number of aromatic nitrogens is 2. The molecule has 2 aromatic carbocycles. The lowest BCUT2D eigenvalue weighted by molar-refractivity contribution is -0.139. The van der Waals surface area contributed by atoms with Crippen molar-refractivity contribution in [2.24, 2.45) is 5.92 Å². The summed E-state index contributed by atoms with van der Waals surface area (Å²) >= 11 is 1.39. The summed E-state index contributed by atoms with van der Waals surface area (Å²) in [6, 6.07) is 18.6. The number of rotatable bonds is 9. The fraction of sp³-hybridized carbons (Fsp3) is 0.312. The molecule has 0 aliphatic carbocycles. The molecule has 0 spiro atoms. The molecule has 2 heterocycles.